The van der Waals surface area contributed by atoms with Gasteiger partial charge in [0.05, 0.1) is 17.2 Å². The van der Waals surface area contributed by atoms with Gasteiger partial charge in [-0.05, 0) is 30.3 Å². The largest absolute Gasteiger partial charge is 0.493 e. The van der Waals surface area contributed by atoms with Crippen LogP contribution in [0.25, 0.3) is 0 Å². The van der Waals surface area contributed by atoms with Gasteiger partial charge in [0.1, 0.15) is 19.5 Å². The molecule has 2 aromatic rings. The first-order valence-electron chi connectivity index (χ1n) is 6.58. The van der Waals surface area contributed by atoms with E-state index in [1.807, 2.05) is 0 Å². The second-order valence-corrected chi connectivity index (χ2v) is 5.67. The second kappa shape index (κ2) is 8.29. The van der Waals surface area contributed by atoms with Crippen LogP contribution in [-0.4, -0.2) is 26.6 Å². The van der Waals surface area contributed by atoms with E-state index >= 15 is 0 Å². The summed E-state index contributed by atoms with van der Waals surface area (Å²) in [5, 5.41) is 1.07. The van der Waals surface area contributed by atoms with E-state index in [0.29, 0.717) is 37.9 Å². The van der Waals surface area contributed by atoms with Crippen molar-refractivity contribution in [1.29, 1.82) is 0 Å². The number of rotatable bonds is 7. The van der Waals surface area contributed by atoms with Crippen molar-refractivity contribution in [2.75, 3.05) is 20.3 Å². The van der Waals surface area contributed by atoms with E-state index in [9.17, 15) is 4.79 Å². The lowest BCUT2D eigenvalue weighted by Crippen LogP contribution is -2.10. The highest BCUT2D eigenvalue weighted by molar-refractivity contribution is 6.40. The number of ether oxygens (including phenoxy) is 3. The van der Waals surface area contributed by atoms with Crippen LogP contribution in [0.2, 0.25) is 15.1 Å². The van der Waals surface area contributed by atoms with Gasteiger partial charge < -0.3 is 14.2 Å². The third kappa shape index (κ3) is 4.67. The molecule has 0 aliphatic heterocycles. The minimum absolute atomic E-state index is 0.204. The topological polar surface area (TPSA) is 44.8 Å². The number of halogens is 3. The van der Waals surface area contributed by atoms with Gasteiger partial charge in [0.25, 0.3) is 0 Å². The maximum atomic E-state index is 10.8. The number of hydrogen-bond donors (Lipinski definition) is 0. The molecule has 0 spiro atoms. The Kier molecular flexibility index (Phi) is 6.39. The number of methoxy groups -OCH3 is 1. The Morgan fingerprint density at radius 2 is 1.61 bits per heavy atom. The Labute approximate surface area is 148 Å². The van der Waals surface area contributed by atoms with Gasteiger partial charge in [-0.1, -0.05) is 34.8 Å². The molecule has 0 amide bonds. The molecule has 0 unspecified atom stereocenters. The van der Waals surface area contributed by atoms with Crippen molar-refractivity contribution in [1.82, 2.24) is 0 Å². The fraction of sp³-hybridized carbons (Fsp3) is 0.188. The van der Waals surface area contributed by atoms with E-state index in [4.69, 9.17) is 49.0 Å². The van der Waals surface area contributed by atoms with Crippen LogP contribution < -0.4 is 14.2 Å². The SMILES string of the molecule is COc1ccc(C=O)cc1OCCOc1c(Cl)cc(Cl)cc1Cl. The number of benzene rings is 2. The van der Waals surface area contributed by atoms with Gasteiger partial charge in [-0.3, -0.25) is 4.79 Å². The van der Waals surface area contributed by atoms with Crippen molar-refractivity contribution in [2.45, 2.75) is 0 Å². The van der Waals surface area contributed by atoms with Crippen LogP contribution >= 0.6 is 34.8 Å². The molecule has 2 aromatic carbocycles. The summed E-state index contributed by atoms with van der Waals surface area (Å²) in [7, 11) is 1.52. The molecule has 2 rings (SSSR count). The van der Waals surface area contributed by atoms with E-state index in [0.717, 1.165) is 6.29 Å². The molecule has 0 N–H and O–H groups in total. The molecule has 7 heteroatoms. The number of carbonyl (C=O) groups is 1. The van der Waals surface area contributed by atoms with Crippen LogP contribution in [0.3, 0.4) is 0 Å². The molecule has 4 nitrogen and oxygen atoms in total. The van der Waals surface area contributed by atoms with Crippen LogP contribution in [0.4, 0.5) is 0 Å². The summed E-state index contributed by atoms with van der Waals surface area (Å²) in [5.74, 6) is 1.32. The molecule has 0 aliphatic rings. The zero-order chi connectivity index (χ0) is 16.8. The predicted molar refractivity (Wildman–Crippen MR) is 90.8 cm³/mol. The highest BCUT2D eigenvalue weighted by Gasteiger charge is 2.10. The molecule has 0 saturated carbocycles. The maximum absolute atomic E-state index is 10.8. The first kappa shape index (κ1) is 17.7. The first-order valence-corrected chi connectivity index (χ1v) is 7.72. The van der Waals surface area contributed by atoms with Crippen LogP contribution in [0.15, 0.2) is 30.3 Å². The lowest BCUT2D eigenvalue weighted by molar-refractivity contribution is 0.112. The summed E-state index contributed by atoms with van der Waals surface area (Å²) in [6.07, 6.45) is 0.732. The van der Waals surface area contributed by atoms with Crippen LogP contribution in [0, 0.1) is 0 Å². The highest BCUT2D eigenvalue weighted by Crippen LogP contribution is 2.35. The minimum Gasteiger partial charge on any atom is -0.493 e. The fourth-order valence-electron chi connectivity index (χ4n) is 1.84. The first-order chi connectivity index (χ1) is 11.0. The summed E-state index contributed by atoms with van der Waals surface area (Å²) in [6.45, 7) is 0.420. The van der Waals surface area contributed by atoms with Gasteiger partial charge in [-0.25, -0.2) is 0 Å². The molecule has 0 heterocycles. The smallest absolute Gasteiger partial charge is 0.162 e. The molecule has 0 radical (unpaired) electrons. The predicted octanol–water partition coefficient (Wildman–Crippen LogP) is 4.93. The van der Waals surface area contributed by atoms with E-state index in [1.54, 1.807) is 30.3 Å². The normalized spacial score (nSPS) is 10.3. The average Bonchev–Trinajstić information content (AvgIpc) is 2.53. The standard InChI is InChI=1S/C16H13Cl3O4/c1-21-14-3-2-10(9-20)6-15(14)22-4-5-23-16-12(18)7-11(17)8-13(16)19/h2-3,6-9H,4-5H2,1H3. The second-order valence-electron chi connectivity index (χ2n) is 4.42. The van der Waals surface area contributed by atoms with Gasteiger partial charge in [-0.15, -0.1) is 0 Å². The average molecular weight is 376 g/mol. The summed E-state index contributed by atoms with van der Waals surface area (Å²) in [4.78, 5) is 10.8. The lowest BCUT2D eigenvalue weighted by Gasteiger charge is -2.13. The van der Waals surface area contributed by atoms with Crippen molar-refractivity contribution >= 4 is 41.1 Å². The Bertz CT molecular complexity index is 681. The fourth-order valence-corrected chi connectivity index (χ4v) is 2.77. The Morgan fingerprint density at radius 1 is 0.957 bits per heavy atom. The number of aldehydes is 1. The molecule has 0 aliphatic carbocycles. The minimum atomic E-state index is 0.204. The maximum Gasteiger partial charge on any atom is 0.162 e. The van der Waals surface area contributed by atoms with Crippen LogP contribution in [0.1, 0.15) is 10.4 Å². The van der Waals surface area contributed by atoms with Crippen molar-refractivity contribution < 1.29 is 19.0 Å². The Morgan fingerprint density at radius 3 is 2.22 bits per heavy atom. The van der Waals surface area contributed by atoms with Crippen molar-refractivity contribution in [3.05, 3.63) is 51.0 Å². The molecule has 23 heavy (non-hydrogen) atoms. The van der Waals surface area contributed by atoms with Gasteiger partial charge in [0.15, 0.2) is 17.2 Å². The zero-order valence-corrected chi connectivity index (χ0v) is 14.4. The molecule has 0 atom stereocenters. The molecule has 0 bridgehead atoms. The molecule has 122 valence electrons. The summed E-state index contributed by atoms with van der Waals surface area (Å²) >= 11 is 17.9. The number of hydrogen-bond acceptors (Lipinski definition) is 4. The van der Waals surface area contributed by atoms with E-state index < -0.39 is 0 Å². The molecule has 0 aromatic heterocycles. The molecular weight excluding hydrogens is 363 g/mol. The van der Waals surface area contributed by atoms with E-state index in [1.165, 1.54) is 7.11 Å². The number of carbonyl (C=O) groups excluding carboxylic acids is 1. The van der Waals surface area contributed by atoms with E-state index in [-0.39, 0.29) is 13.2 Å². The monoisotopic (exact) mass is 374 g/mol. The zero-order valence-electron chi connectivity index (χ0n) is 12.1. The highest BCUT2D eigenvalue weighted by atomic mass is 35.5. The Balaban J connectivity index is 1.97. The van der Waals surface area contributed by atoms with Gasteiger partial charge >= 0.3 is 0 Å². The van der Waals surface area contributed by atoms with Gasteiger partial charge in [-0.2, -0.15) is 0 Å². The molecular formula is C16H13Cl3O4. The van der Waals surface area contributed by atoms with Crippen LogP contribution in [-0.2, 0) is 0 Å². The van der Waals surface area contributed by atoms with Crippen LogP contribution in [0.5, 0.6) is 17.2 Å². The van der Waals surface area contributed by atoms with E-state index in [2.05, 4.69) is 0 Å². The van der Waals surface area contributed by atoms with Crippen molar-refractivity contribution in [3.8, 4) is 17.2 Å². The van der Waals surface area contributed by atoms with Gasteiger partial charge in [0, 0.05) is 10.6 Å². The van der Waals surface area contributed by atoms with Gasteiger partial charge in [0.2, 0.25) is 0 Å². The Hall–Kier alpha value is -1.62. The lowest BCUT2D eigenvalue weighted by atomic mass is 10.2. The molecule has 0 saturated heterocycles. The molecule has 0 fully saturated rings. The third-order valence-corrected chi connectivity index (χ3v) is 3.65. The summed E-state index contributed by atoms with van der Waals surface area (Å²) in [5.41, 5.74) is 0.491. The summed E-state index contributed by atoms with van der Waals surface area (Å²) < 4.78 is 16.3. The summed E-state index contributed by atoms with van der Waals surface area (Å²) in [6, 6.07) is 7.98. The quantitative estimate of drug-likeness (QED) is 0.508. The van der Waals surface area contributed by atoms with Crippen molar-refractivity contribution in [3.63, 3.8) is 0 Å². The van der Waals surface area contributed by atoms with Crippen molar-refractivity contribution in [2.24, 2.45) is 0 Å². The third-order valence-electron chi connectivity index (χ3n) is 2.87.